The number of piperidine rings is 1. The Morgan fingerprint density at radius 1 is 1.36 bits per heavy atom. The van der Waals surface area contributed by atoms with Crippen molar-refractivity contribution in [2.75, 3.05) is 19.7 Å². The van der Waals surface area contributed by atoms with E-state index in [1.54, 1.807) is 11.8 Å². The molecule has 1 aliphatic heterocycles. The summed E-state index contributed by atoms with van der Waals surface area (Å²) >= 11 is 1.24. The number of aromatic nitrogens is 2. The highest BCUT2D eigenvalue weighted by molar-refractivity contribution is 7.13. The van der Waals surface area contributed by atoms with E-state index in [4.69, 9.17) is 4.74 Å². The van der Waals surface area contributed by atoms with Crippen molar-refractivity contribution < 1.29 is 14.3 Å². The number of benzene rings is 1. The van der Waals surface area contributed by atoms with Gasteiger partial charge in [-0.15, -0.1) is 5.10 Å². The monoisotopic (exact) mass is 319 g/mol. The number of amides is 1. The third kappa shape index (κ3) is 2.81. The van der Waals surface area contributed by atoms with Gasteiger partial charge in [-0.3, -0.25) is 9.59 Å². The van der Waals surface area contributed by atoms with Crippen LogP contribution in [-0.4, -0.2) is 46.1 Å². The Labute approximate surface area is 132 Å². The van der Waals surface area contributed by atoms with Crippen LogP contribution in [0.3, 0.4) is 0 Å². The van der Waals surface area contributed by atoms with Crippen LogP contribution < -0.4 is 0 Å². The van der Waals surface area contributed by atoms with Crippen LogP contribution in [0.25, 0.3) is 10.2 Å². The summed E-state index contributed by atoms with van der Waals surface area (Å²) in [4.78, 5) is 26.2. The maximum Gasteiger partial charge on any atom is 0.309 e. The molecule has 1 saturated heterocycles. The molecule has 0 bridgehead atoms. The highest BCUT2D eigenvalue weighted by Gasteiger charge is 2.29. The average Bonchev–Trinajstić information content (AvgIpc) is 3.03. The molecule has 1 aromatic carbocycles. The molecule has 2 heterocycles. The number of ether oxygens (including phenoxy) is 1. The predicted octanol–water partition coefficient (Wildman–Crippen LogP) is 2.11. The van der Waals surface area contributed by atoms with Crippen molar-refractivity contribution in [2.45, 2.75) is 19.8 Å². The molecule has 2 aromatic rings. The summed E-state index contributed by atoms with van der Waals surface area (Å²) in [6, 6.07) is 5.48. The van der Waals surface area contributed by atoms with Crippen LogP contribution in [-0.2, 0) is 9.53 Å². The zero-order valence-corrected chi connectivity index (χ0v) is 13.1. The maximum absolute atomic E-state index is 12.7. The quantitative estimate of drug-likeness (QED) is 0.810. The van der Waals surface area contributed by atoms with Crippen LogP contribution in [0.15, 0.2) is 18.2 Å². The lowest BCUT2D eigenvalue weighted by Crippen LogP contribution is -2.40. The molecule has 0 unspecified atom stereocenters. The molecule has 7 heteroatoms. The number of hydrogen-bond donors (Lipinski definition) is 0. The van der Waals surface area contributed by atoms with Crippen LogP contribution in [0.4, 0.5) is 0 Å². The molecule has 1 amide bonds. The molecular weight excluding hydrogens is 302 g/mol. The molecule has 1 fully saturated rings. The Balaban J connectivity index is 1.70. The van der Waals surface area contributed by atoms with Gasteiger partial charge in [0.25, 0.3) is 5.91 Å². The van der Waals surface area contributed by atoms with Gasteiger partial charge >= 0.3 is 5.97 Å². The number of likely N-dealkylation sites (tertiary alicyclic amines) is 1. The second-order valence-corrected chi connectivity index (χ2v) is 6.00. The van der Waals surface area contributed by atoms with E-state index in [1.165, 1.54) is 11.5 Å². The average molecular weight is 319 g/mol. The fraction of sp³-hybridized carbons (Fsp3) is 0.467. The van der Waals surface area contributed by atoms with Crippen molar-refractivity contribution in [3.63, 3.8) is 0 Å². The Morgan fingerprint density at radius 2 is 2.14 bits per heavy atom. The van der Waals surface area contributed by atoms with Crippen LogP contribution in [0.1, 0.15) is 30.1 Å². The molecule has 0 N–H and O–H groups in total. The van der Waals surface area contributed by atoms with Gasteiger partial charge in [0.05, 0.1) is 22.8 Å². The minimum Gasteiger partial charge on any atom is -0.466 e. The van der Waals surface area contributed by atoms with Gasteiger partial charge in [0.2, 0.25) is 0 Å². The SMILES string of the molecule is CCOC(=O)C1CCN(C(=O)c2cccc3nnsc23)CC1. The first-order valence-corrected chi connectivity index (χ1v) is 8.15. The first kappa shape index (κ1) is 14.9. The third-order valence-corrected chi connectivity index (χ3v) is 4.68. The molecule has 3 rings (SSSR count). The standard InChI is InChI=1S/C15H17N3O3S/c1-2-21-15(20)10-6-8-18(9-7-10)14(19)11-4-3-5-12-13(11)22-17-16-12/h3-5,10H,2,6-9H2,1H3. The number of carbonyl (C=O) groups is 2. The summed E-state index contributed by atoms with van der Waals surface area (Å²) in [6.07, 6.45) is 1.31. The number of nitrogens with zero attached hydrogens (tertiary/aromatic N) is 3. The Hall–Kier alpha value is -2.02. The van der Waals surface area contributed by atoms with Crippen LogP contribution in [0.5, 0.6) is 0 Å². The van der Waals surface area contributed by atoms with Gasteiger partial charge in [0.15, 0.2) is 0 Å². The largest absolute Gasteiger partial charge is 0.466 e. The van der Waals surface area contributed by atoms with Gasteiger partial charge in [-0.25, -0.2) is 0 Å². The molecule has 6 nitrogen and oxygen atoms in total. The minimum atomic E-state index is -0.150. The molecule has 1 aliphatic rings. The molecular formula is C15H17N3O3S. The van der Waals surface area contributed by atoms with Gasteiger partial charge < -0.3 is 9.64 Å². The van der Waals surface area contributed by atoms with Gasteiger partial charge in [-0.05, 0) is 43.4 Å². The fourth-order valence-corrected chi connectivity index (χ4v) is 3.39. The number of hydrogen-bond acceptors (Lipinski definition) is 6. The third-order valence-electron chi connectivity index (χ3n) is 3.91. The van der Waals surface area contributed by atoms with Crippen LogP contribution in [0, 0.1) is 5.92 Å². The van der Waals surface area contributed by atoms with Gasteiger partial charge in [-0.1, -0.05) is 10.6 Å². The Kier molecular flexibility index (Phi) is 4.33. The molecule has 116 valence electrons. The summed E-state index contributed by atoms with van der Waals surface area (Å²) in [5, 5.41) is 4.00. The number of rotatable bonds is 3. The Bertz CT molecular complexity index is 692. The lowest BCUT2D eigenvalue weighted by Gasteiger charge is -2.31. The fourth-order valence-electron chi connectivity index (χ4n) is 2.72. The molecule has 0 spiro atoms. The lowest BCUT2D eigenvalue weighted by atomic mass is 9.96. The van der Waals surface area contributed by atoms with E-state index >= 15 is 0 Å². The van der Waals surface area contributed by atoms with Crippen molar-refractivity contribution in [3.8, 4) is 0 Å². The first-order chi connectivity index (χ1) is 10.7. The second kappa shape index (κ2) is 6.39. The van der Waals surface area contributed by atoms with E-state index in [1.807, 2.05) is 18.2 Å². The Morgan fingerprint density at radius 3 is 2.86 bits per heavy atom. The molecule has 1 aromatic heterocycles. The predicted molar refractivity (Wildman–Crippen MR) is 82.7 cm³/mol. The summed E-state index contributed by atoms with van der Waals surface area (Å²) in [5.41, 5.74) is 1.39. The van der Waals surface area contributed by atoms with E-state index in [2.05, 4.69) is 9.59 Å². The smallest absolute Gasteiger partial charge is 0.309 e. The summed E-state index contributed by atoms with van der Waals surface area (Å²) < 4.78 is 9.78. The topological polar surface area (TPSA) is 72.4 Å². The van der Waals surface area contributed by atoms with Crippen LogP contribution >= 0.6 is 11.5 Å². The van der Waals surface area contributed by atoms with Crippen molar-refractivity contribution in [1.82, 2.24) is 14.5 Å². The summed E-state index contributed by atoms with van der Waals surface area (Å²) in [6.45, 7) is 3.36. The zero-order chi connectivity index (χ0) is 15.5. The van der Waals surface area contributed by atoms with Crippen molar-refractivity contribution >= 4 is 33.6 Å². The van der Waals surface area contributed by atoms with Gasteiger partial charge in [0.1, 0.15) is 5.52 Å². The number of carbonyl (C=O) groups excluding carboxylic acids is 2. The molecule has 0 radical (unpaired) electrons. The van der Waals surface area contributed by atoms with E-state index in [0.29, 0.717) is 38.1 Å². The zero-order valence-electron chi connectivity index (χ0n) is 12.3. The first-order valence-electron chi connectivity index (χ1n) is 7.37. The van der Waals surface area contributed by atoms with E-state index in [9.17, 15) is 9.59 Å². The molecule has 0 atom stereocenters. The van der Waals surface area contributed by atoms with Gasteiger partial charge in [0, 0.05) is 13.1 Å². The highest BCUT2D eigenvalue weighted by atomic mass is 32.1. The minimum absolute atomic E-state index is 0.0149. The molecule has 0 aliphatic carbocycles. The summed E-state index contributed by atoms with van der Waals surface area (Å²) in [7, 11) is 0. The van der Waals surface area contributed by atoms with Gasteiger partial charge in [-0.2, -0.15) is 0 Å². The van der Waals surface area contributed by atoms with E-state index < -0.39 is 0 Å². The second-order valence-electron chi connectivity index (χ2n) is 5.25. The highest BCUT2D eigenvalue weighted by Crippen LogP contribution is 2.25. The van der Waals surface area contributed by atoms with Crippen molar-refractivity contribution in [3.05, 3.63) is 23.8 Å². The number of esters is 1. The molecule has 22 heavy (non-hydrogen) atoms. The van der Waals surface area contributed by atoms with E-state index in [0.717, 1.165) is 10.2 Å². The maximum atomic E-state index is 12.7. The van der Waals surface area contributed by atoms with Crippen LogP contribution in [0.2, 0.25) is 0 Å². The normalized spacial score (nSPS) is 16.0. The number of fused-ring (bicyclic) bond motifs is 1. The van der Waals surface area contributed by atoms with Crippen molar-refractivity contribution in [2.24, 2.45) is 5.92 Å². The summed E-state index contributed by atoms with van der Waals surface area (Å²) in [5.74, 6) is -0.257. The van der Waals surface area contributed by atoms with E-state index in [-0.39, 0.29) is 17.8 Å². The van der Waals surface area contributed by atoms with Crippen molar-refractivity contribution in [1.29, 1.82) is 0 Å². The lowest BCUT2D eigenvalue weighted by molar-refractivity contribution is -0.149. The molecule has 0 saturated carbocycles.